The highest BCUT2D eigenvalue weighted by Crippen LogP contribution is 2.47. The lowest BCUT2D eigenvalue weighted by Crippen LogP contribution is -2.50. The highest BCUT2D eigenvalue weighted by atomic mass is 19.1. The molecule has 0 radical (unpaired) electrons. The van der Waals surface area contributed by atoms with Crippen molar-refractivity contribution in [3.63, 3.8) is 0 Å². The number of likely N-dealkylation sites (tertiary alicyclic amines) is 1. The van der Waals surface area contributed by atoms with Gasteiger partial charge < -0.3 is 10.1 Å². The van der Waals surface area contributed by atoms with E-state index in [0.29, 0.717) is 41.0 Å². The fraction of sp³-hybridized carbons (Fsp3) is 0.385. The number of anilines is 1. The van der Waals surface area contributed by atoms with E-state index in [-0.39, 0.29) is 17.7 Å². The molecule has 2 aliphatic rings. The lowest BCUT2D eigenvalue weighted by molar-refractivity contribution is -0.117. The Kier molecular flexibility index (Phi) is 5.67. The van der Waals surface area contributed by atoms with Crippen LogP contribution in [0.25, 0.3) is 16.8 Å². The Hall–Kier alpha value is -3.79. The number of aryl methyl sites for hydroxylation is 1. The highest BCUT2D eigenvalue weighted by molar-refractivity contribution is 5.95. The van der Waals surface area contributed by atoms with E-state index < -0.39 is 5.82 Å². The van der Waals surface area contributed by atoms with Crippen molar-refractivity contribution < 1.29 is 13.9 Å². The van der Waals surface area contributed by atoms with Crippen molar-refractivity contribution in [2.45, 2.75) is 31.7 Å². The van der Waals surface area contributed by atoms with Gasteiger partial charge in [-0.1, -0.05) is 13.0 Å². The van der Waals surface area contributed by atoms with Crippen molar-refractivity contribution in [1.29, 1.82) is 0 Å². The molecule has 1 saturated carbocycles. The average molecular weight is 490 g/mol. The van der Waals surface area contributed by atoms with Crippen LogP contribution in [-0.2, 0) is 11.8 Å². The summed E-state index contributed by atoms with van der Waals surface area (Å²) in [5.74, 6) is 0.369. The third kappa shape index (κ3) is 4.11. The number of halogens is 1. The number of pyridine rings is 2. The molecule has 10 heteroatoms. The molecular weight excluding hydrogens is 461 g/mol. The Bertz CT molecular complexity index is 1410. The molecule has 4 aromatic rings. The van der Waals surface area contributed by atoms with E-state index >= 15 is 4.39 Å². The number of carbonyl (C=O) groups excluding carboxylic acids is 1. The molecule has 1 saturated heterocycles. The monoisotopic (exact) mass is 489 g/mol. The molecule has 2 fully saturated rings. The molecule has 6 rings (SSSR count). The van der Waals surface area contributed by atoms with Crippen molar-refractivity contribution >= 4 is 17.2 Å². The van der Waals surface area contributed by atoms with Gasteiger partial charge in [0.2, 0.25) is 5.91 Å². The fourth-order valence-corrected chi connectivity index (χ4v) is 5.00. The van der Waals surface area contributed by atoms with E-state index in [1.165, 1.54) is 10.7 Å². The molecule has 9 nitrogen and oxygen atoms in total. The maximum atomic E-state index is 15.2. The predicted octanol–water partition coefficient (Wildman–Crippen LogP) is 3.48. The van der Waals surface area contributed by atoms with Gasteiger partial charge in [-0.15, -0.1) is 5.10 Å². The Morgan fingerprint density at radius 3 is 2.94 bits per heavy atom. The van der Waals surface area contributed by atoms with E-state index in [1.54, 1.807) is 36.3 Å². The SMILES string of the molecule is CCN1CC[C@@H]1COc1cnn(C)c1-c1cc2cc(NC(=O)[C@@H]3C[C@@H]3c3ccccn3)nn2cc1F. The normalized spacial score (nSPS) is 21.4. The predicted molar refractivity (Wildman–Crippen MR) is 132 cm³/mol. The first-order valence-electron chi connectivity index (χ1n) is 12.3. The summed E-state index contributed by atoms with van der Waals surface area (Å²) in [6, 6.07) is 9.55. The minimum Gasteiger partial charge on any atom is -0.488 e. The first kappa shape index (κ1) is 22.7. The van der Waals surface area contributed by atoms with Gasteiger partial charge in [0.1, 0.15) is 12.3 Å². The van der Waals surface area contributed by atoms with Crippen molar-refractivity contribution in [3.8, 4) is 17.0 Å². The molecule has 4 aromatic heterocycles. The molecule has 1 N–H and O–H groups in total. The molecule has 0 aromatic carbocycles. The Balaban J connectivity index is 1.20. The van der Waals surface area contributed by atoms with E-state index in [0.717, 1.165) is 31.6 Å². The van der Waals surface area contributed by atoms with Gasteiger partial charge in [-0.2, -0.15) is 5.10 Å². The second kappa shape index (κ2) is 9.02. The van der Waals surface area contributed by atoms with E-state index in [2.05, 4.69) is 32.3 Å². The van der Waals surface area contributed by atoms with Crippen LogP contribution in [0.2, 0.25) is 0 Å². The van der Waals surface area contributed by atoms with E-state index in [4.69, 9.17) is 4.74 Å². The minimum absolute atomic E-state index is 0.103. The van der Waals surface area contributed by atoms with Crippen LogP contribution in [0.3, 0.4) is 0 Å². The molecule has 3 atom stereocenters. The summed E-state index contributed by atoms with van der Waals surface area (Å²) in [7, 11) is 1.77. The molecule has 1 aliphatic heterocycles. The Labute approximate surface area is 207 Å². The second-order valence-electron chi connectivity index (χ2n) is 9.49. The standard InChI is InChI=1S/C26H28FN7O2/c1-3-33-9-7-16(33)15-36-23-13-29-32(2)25(23)20-10-17-11-24(31-34(17)14-21(20)27)30-26(35)19-12-18(19)22-6-4-5-8-28-22/h4-6,8,10-11,13-14,16,18-19H,3,7,9,12,15H2,1-2H3,(H,30,31,35)/t16-,18+,19-/m1/s1. The summed E-state index contributed by atoms with van der Waals surface area (Å²) < 4.78 is 24.4. The zero-order valence-corrected chi connectivity index (χ0v) is 20.3. The third-order valence-electron chi connectivity index (χ3n) is 7.26. The van der Waals surface area contributed by atoms with Crippen molar-refractivity contribution in [2.24, 2.45) is 13.0 Å². The molecular formula is C26H28FN7O2. The van der Waals surface area contributed by atoms with Gasteiger partial charge in [0.05, 0.1) is 17.9 Å². The Morgan fingerprint density at radius 1 is 1.31 bits per heavy atom. The maximum absolute atomic E-state index is 15.2. The third-order valence-corrected chi connectivity index (χ3v) is 7.26. The number of carbonyl (C=O) groups is 1. The smallest absolute Gasteiger partial charge is 0.229 e. The van der Waals surface area contributed by atoms with Crippen LogP contribution in [-0.4, -0.2) is 60.9 Å². The number of aromatic nitrogens is 5. The topological polar surface area (TPSA) is 89.6 Å². The average Bonchev–Trinajstić information content (AvgIpc) is 3.46. The molecule has 36 heavy (non-hydrogen) atoms. The number of hydrogen-bond donors (Lipinski definition) is 1. The zero-order valence-electron chi connectivity index (χ0n) is 20.3. The summed E-state index contributed by atoms with van der Waals surface area (Å²) in [4.78, 5) is 19.5. The number of nitrogens with zero attached hydrogens (tertiary/aromatic N) is 6. The van der Waals surface area contributed by atoms with Gasteiger partial charge in [-0.25, -0.2) is 8.91 Å². The van der Waals surface area contributed by atoms with Crippen LogP contribution in [0.5, 0.6) is 5.75 Å². The number of nitrogens with one attached hydrogen (secondary N) is 1. The molecule has 0 bridgehead atoms. The van der Waals surface area contributed by atoms with Crippen LogP contribution in [0, 0.1) is 11.7 Å². The number of fused-ring (bicyclic) bond motifs is 1. The van der Waals surface area contributed by atoms with Crippen molar-refractivity contribution in [2.75, 3.05) is 25.0 Å². The second-order valence-corrected chi connectivity index (χ2v) is 9.49. The van der Waals surface area contributed by atoms with Gasteiger partial charge >= 0.3 is 0 Å². The summed E-state index contributed by atoms with van der Waals surface area (Å²) in [5.41, 5.74) is 2.52. The first-order chi connectivity index (χ1) is 17.5. The number of likely N-dealkylation sites (N-methyl/N-ethyl adjacent to an activating group) is 1. The largest absolute Gasteiger partial charge is 0.488 e. The zero-order chi connectivity index (χ0) is 24.8. The summed E-state index contributed by atoms with van der Waals surface area (Å²) in [6.45, 7) is 4.75. The lowest BCUT2D eigenvalue weighted by atomic mass is 10.0. The Morgan fingerprint density at radius 2 is 2.19 bits per heavy atom. The highest BCUT2D eigenvalue weighted by Gasteiger charge is 2.45. The van der Waals surface area contributed by atoms with Gasteiger partial charge in [-0.3, -0.25) is 19.4 Å². The van der Waals surface area contributed by atoms with Gasteiger partial charge in [0.25, 0.3) is 0 Å². The van der Waals surface area contributed by atoms with Crippen molar-refractivity contribution in [3.05, 3.63) is 60.4 Å². The summed E-state index contributed by atoms with van der Waals surface area (Å²) >= 11 is 0. The van der Waals surface area contributed by atoms with Crippen LogP contribution in [0.1, 0.15) is 31.4 Å². The number of rotatable bonds is 8. The lowest BCUT2D eigenvalue weighted by Gasteiger charge is -2.39. The van der Waals surface area contributed by atoms with Crippen LogP contribution in [0.4, 0.5) is 10.2 Å². The summed E-state index contributed by atoms with van der Waals surface area (Å²) in [5, 5.41) is 11.5. The van der Waals surface area contributed by atoms with Crippen molar-refractivity contribution in [1.82, 2.24) is 29.3 Å². The fourth-order valence-electron chi connectivity index (χ4n) is 5.00. The molecule has 186 valence electrons. The molecule has 0 spiro atoms. The number of hydrogen-bond acceptors (Lipinski definition) is 6. The van der Waals surface area contributed by atoms with Gasteiger partial charge in [-0.05, 0) is 37.6 Å². The van der Waals surface area contributed by atoms with Crippen LogP contribution < -0.4 is 10.1 Å². The number of amides is 1. The number of ether oxygens (including phenoxy) is 1. The first-order valence-corrected chi connectivity index (χ1v) is 12.3. The van der Waals surface area contributed by atoms with E-state index in [9.17, 15) is 4.79 Å². The molecule has 1 amide bonds. The van der Waals surface area contributed by atoms with Gasteiger partial charge in [0.15, 0.2) is 17.4 Å². The molecule has 5 heterocycles. The van der Waals surface area contributed by atoms with Crippen LogP contribution >= 0.6 is 0 Å². The van der Waals surface area contributed by atoms with E-state index in [1.807, 2.05) is 18.2 Å². The molecule has 0 unspecified atom stereocenters. The quantitative estimate of drug-likeness (QED) is 0.408. The molecule has 1 aliphatic carbocycles. The summed E-state index contributed by atoms with van der Waals surface area (Å²) in [6.07, 6.45) is 6.54. The van der Waals surface area contributed by atoms with Crippen LogP contribution in [0.15, 0.2) is 48.9 Å². The van der Waals surface area contributed by atoms with Gasteiger partial charge in [0, 0.05) is 55.0 Å². The minimum atomic E-state index is -0.451. The maximum Gasteiger partial charge on any atom is 0.229 e.